The Labute approximate surface area is 213 Å². The Kier molecular flexibility index (Phi) is 5.50. The molecule has 0 spiro atoms. The maximum Gasteiger partial charge on any atom is 0.325 e. The van der Waals surface area contributed by atoms with Crippen LogP contribution < -0.4 is 10.6 Å². The van der Waals surface area contributed by atoms with Crippen molar-refractivity contribution < 1.29 is 19.5 Å². The smallest absolute Gasteiger partial charge is 0.325 e. The van der Waals surface area contributed by atoms with Crippen LogP contribution in [0.15, 0.2) is 85.1 Å². The van der Waals surface area contributed by atoms with Crippen molar-refractivity contribution in [2.24, 2.45) is 11.8 Å². The number of aromatic nitrogens is 1. The molecule has 1 aromatic heterocycles. The van der Waals surface area contributed by atoms with Gasteiger partial charge in [-0.25, -0.2) is 0 Å². The van der Waals surface area contributed by atoms with Gasteiger partial charge in [-0.05, 0) is 28.3 Å². The topological polar surface area (TPSA) is 111 Å². The van der Waals surface area contributed by atoms with Gasteiger partial charge >= 0.3 is 5.97 Å². The Hall–Kier alpha value is -4.49. The zero-order valence-electron chi connectivity index (χ0n) is 19.8. The van der Waals surface area contributed by atoms with Crippen molar-refractivity contribution in [2.45, 2.75) is 18.0 Å². The van der Waals surface area contributed by atoms with Gasteiger partial charge in [-0.1, -0.05) is 84.9 Å². The first-order valence-electron chi connectivity index (χ1n) is 12.2. The fraction of sp³-hybridized carbons (Fsp3) is 0.167. The van der Waals surface area contributed by atoms with E-state index in [-0.39, 0.29) is 6.42 Å². The number of aromatic amines is 1. The molecule has 7 nitrogen and oxygen atoms in total. The van der Waals surface area contributed by atoms with Gasteiger partial charge < -0.3 is 10.1 Å². The Morgan fingerprint density at radius 3 is 2.27 bits per heavy atom. The number of benzene rings is 3. The number of aliphatic carboxylic acids is 1. The number of nitrogens with one attached hydrogen (secondary N) is 3. The summed E-state index contributed by atoms with van der Waals surface area (Å²) in [5, 5.41) is 17.0. The van der Waals surface area contributed by atoms with Crippen molar-refractivity contribution in [3.8, 4) is 0 Å². The largest absolute Gasteiger partial charge is 0.480 e. The van der Waals surface area contributed by atoms with Crippen LogP contribution >= 0.6 is 0 Å². The fourth-order valence-electron chi connectivity index (χ4n) is 5.80. The van der Waals surface area contributed by atoms with Crippen molar-refractivity contribution >= 4 is 40.8 Å². The van der Waals surface area contributed by atoms with Crippen molar-refractivity contribution in [3.63, 3.8) is 0 Å². The lowest BCUT2D eigenvalue weighted by Crippen LogP contribution is -2.57. The van der Waals surface area contributed by atoms with E-state index in [9.17, 15) is 19.5 Å². The van der Waals surface area contributed by atoms with E-state index in [0.717, 1.165) is 33.2 Å². The molecule has 6 rings (SSSR count). The lowest BCUT2D eigenvalue weighted by molar-refractivity contribution is -0.149. The molecule has 2 aliphatic heterocycles. The Balaban J connectivity index is 1.35. The van der Waals surface area contributed by atoms with Gasteiger partial charge in [0.25, 0.3) is 0 Å². The molecule has 4 N–H and O–H groups in total. The Morgan fingerprint density at radius 1 is 0.865 bits per heavy atom. The number of amides is 2. The predicted octanol–water partition coefficient (Wildman–Crippen LogP) is 3.94. The number of imide groups is 1. The van der Waals surface area contributed by atoms with Crippen LogP contribution in [0.1, 0.15) is 28.3 Å². The molecule has 0 saturated carbocycles. The van der Waals surface area contributed by atoms with Crippen molar-refractivity contribution in [2.75, 3.05) is 0 Å². The maximum atomic E-state index is 13.0. The number of carboxylic acids is 1. The van der Waals surface area contributed by atoms with Crippen LogP contribution in [0.25, 0.3) is 23.1 Å². The van der Waals surface area contributed by atoms with Crippen LogP contribution in [0.2, 0.25) is 0 Å². The molecule has 2 amide bonds. The van der Waals surface area contributed by atoms with Crippen LogP contribution in [-0.4, -0.2) is 33.4 Å². The molecule has 4 atom stereocenters. The molecule has 0 aliphatic carbocycles. The Morgan fingerprint density at radius 2 is 1.54 bits per heavy atom. The van der Waals surface area contributed by atoms with E-state index in [4.69, 9.17) is 0 Å². The number of hydrogen-bond acceptors (Lipinski definition) is 4. The van der Waals surface area contributed by atoms with E-state index in [0.29, 0.717) is 0 Å². The summed E-state index contributed by atoms with van der Waals surface area (Å²) >= 11 is 0. The first-order valence-corrected chi connectivity index (χ1v) is 12.2. The van der Waals surface area contributed by atoms with E-state index >= 15 is 0 Å². The predicted molar refractivity (Wildman–Crippen MR) is 140 cm³/mol. The molecule has 184 valence electrons. The van der Waals surface area contributed by atoms with Crippen molar-refractivity contribution in [3.05, 3.63) is 107 Å². The van der Waals surface area contributed by atoms with Gasteiger partial charge in [-0.2, -0.15) is 0 Å². The minimum Gasteiger partial charge on any atom is -0.480 e. The summed E-state index contributed by atoms with van der Waals surface area (Å²) in [5.74, 6) is -3.99. The third-order valence-corrected chi connectivity index (χ3v) is 7.58. The molecule has 2 saturated heterocycles. The van der Waals surface area contributed by atoms with Gasteiger partial charge in [0.05, 0.1) is 11.8 Å². The summed E-state index contributed by atoms with van der Waals surface area (Å²) in [6.07, 6.45) is 5.84. The van der Waals surface area contributed by atoms with Crippen molar-refractivity contribution in [1.82, 2.24) is 15.6 Å². The minimum absolute atomic E-state index is 0.0581. The molecule has 4 aromatic rings. The summed E-state index contributed by atoms with van der Waals surface area (Å²) < 4.78 is 0. The average Bonchev–Trinajstić information content (AvgIpc) is 3.57. The minimum atomic E-state index is -1.64. The summed E-state index contributed by atoms with van der Waals surface area (Å²) in [6, 6.07) is 24.6. The molecule has 4 unspecified atom stereocenters. The van der Waals surface area contributed by atoms with Crippen LogP contribution in [0.5, 0.6) is 0 Å². The fourth-order valence-corrected chi connectivity index (χ4v) is 5.80. The first-order chi connectivity index (χ1) is 18.0. The van der Waals surface area contributed by atoms with Gasteiger partial charge in [0.15, 0.2) is 0 Å². The number of carboxylic acid groups (broad SMARTS) is 1. The highest BCUT2D eigenvalue weighted by Gasteiger charge is 2.66. The molecule has 0 radical (unpaired) electrons. The number of rotatable bonds is 6. The van der Waals surface area contributed by atoms with Gasteiger partial charge in [0.1, 0.15) is 5.54 Å². The van der Waals surface area contributed by atoms with E-state index in [1.54, 1.807) is 6.20 Å². The summed E-state index contributed by atoms with van der Waals surface area (Å²) in [7, 11) is 0. The molecule has 0 bridgehead atoms. The van der Waals surface area contributed by atoms with Gasteiger partial charge in [-0.15, -0.1) is 0 Å². The number of para-hydroxylation sites is 1. The highest BCUT2D eigenvalue weighted by molar-refractivity contribution is 6.09. The first kappa shape index (κ1) is 22.9. The summed E-state index contributed by atoms with van der Waals surface area (Å²) in [4.78, 5) is 41.9. The number of hydrogen-bond donors (Lipinski definition) is 4. The number of carbonyl (C=O) groups excluding carboxylic acids is 2. The lowest BCUT2D eigenvalue weighted by Gasteiger charge is -2.29. The standard InChI is InChI=1S/C30H25N3O4/c34-27-24-25(28(35)32-27)30(29(36)37,16-21-17-31-23-9-5-4-8-22(21)23)33-26(24)20-14-12-19(13-15-20)11-10-18-6-2-1-3-7-18/h1-15,17,24-26,31,33H,16H2,(H,36,37)(H,32,34,35). The van der Waals surface area contributed by atoms with E-state index in [1.807, 2.05) is 91.0 Å². The number of fused-ring (bicyclic) bond motifs is 2. The molecule has 7 heteroatoms. The molecule has 2 aliphatic rings. The SMILES string of the molecule is O=C1NC(=O)C2C1C(c1ccc(C=Cc3ccccc3)cc1)NC2(Cc1c[nH]c2ccccc12)C(=O)O. The van der Waals surface area contributed by atoms with E-state index < -0.39 is 41.2 Å². The van der Waals surface area contributed by atoms with E-state index in [1.165, 1.54) is 0 Å². The van der Waals surface area contributed by atoms with Crippen LogP contribution in [0.3, 0.4) is 0 Å². The van der Waals surface area contributed by atoms with Gasteiger partial charge in [0, 0.05) is 29.6 Å². The third-order valence-electron chi connectivity index (χ3n) is 7.58. The molecule has 2 fully saturated rings. The quantitative estimate of drug-likeness (QED) is 0.241. The van der Waals surface area contributed by atoms with Gasteiger partial charge in [0.2, 0.25) is 11.8 Å². The number of H-pyrrole nitrogens is 1. The zero-order valence-corrected chi connectivity index (χ0v) is 19.8. The normalized spacial score (nSPS) is 25.0. The molecule has 37 heavy (non-hydrogen) atoms. The second-order valence-corrected chi connectivity index (χ2v) is 9.70. The molecular formula is C30H25N3O4. The third kappa shape index (κ3) is 3.84. The second-order valence-electron chi connectivity index (χ2n) is 9.70. The zero-order chi connectivity index (χ0) is 25.6. The maximum absolute atomic E-state index is 13.0. The lowest BCUT2D eigenvalue weighted by atomic mass is 9.76. The molecular weight excluding hydrogens is 466 g/mol. The highest BCUT2D eigenvalue weighted by Crippen LogP contribution is 2.48. The molecule has 3 heterocycles. The second kappa shape index (κ2) is 8.87. The van der Waals surface area contributed by atoms with Crippen LogP contribution in [0, 0.1) is 11.8 Å². The average molecular weight is 492 g/mol. The van der Waals surface area contributed by atoms with Crippen LogP contribution in [0.4, 0.5) is 0 Å². The highest BCUT2D eigenvalue weighted by atomic mass is 16.4. The van der Waals surface area contributed by atoms with Crippen molar-refractivity contribution in [1.29, 1.82) is 0 Å². The summed E-state index contributed by atoms with van der Waals surface area (Å²) in [6.45, 7) is 0. The van der Waals surface area contributed by atoms with Gasteiger partial charge in [-0.3, -0.25) is 25.0 Å². The van der Waals surface area contributed by atoms with Crippen LogP contribution in [-0.2, 0) is 20.8 Å². The molecule has 3 aromatic carbocycles. The van der Waals surface area contributed by atoms with E-state index in [2.05, 4.69) is 15.6 Å². The Bertz CT molecular complexity index is 1540. The summed E-state index contributed by atoms with van der Waals surface area (Å²) in [5.41, 5.74) is 2.84. The number of carbonyl (C=O) groups is 3. The monoisotopic (exact) mass is 491 g/mol.